The molecule has 0 aromatic rings. The molecule has 0 amide bonds. The summed E-state index contributed by atoms with van der Waals surface area (Å²) in [7, 11) is -4.26. The van der Waals surface area contributed by atoms with E-state index >= 15 is 0 Å². The number of ether oxygens (including phenoxy) is 1. The molecule has 0 spiro atoms. The number of hydrogen-bond acceptors (Lipinski definition) is 6. The van der Waals surface area contributed by atoms with E-state index < -0.39 is 16.1 Å². The maximum Gasteiger partial charge on any atom is 0.336 e. The SMILES string of the molecule is CCOC[C@H]1C[C@H]2[C@@H]3CCC4=CC(O)(OS(N)(=O)=O)CC=C4[C@H]3CC[C@]2(C)C1=O. The minimum absolute atomic E-state index is 0.00535. The first-order valence-corrected chi connectivity index (χ1v) is 12.0. The van der Waals surface area contributed by atoms with Crippen LogP contribution in [0.5, 0.6) is 0 Å². The highest BCUT2D eigenvalue weighted by molar-refractivity contribution is 7.84. The van der Waals surface area contributed by atoms with Gasteiger partial charge in [-0.15, -0.1) is 0 Å². The molecule has 4 rings (SSSR count). The minimum Gasteiger partial charge on any atom is -0.381 e. The highest BCUT2D eigenvalue weighted by atomic mass is 32.2. The van der Waals surface area contributed by atoms with E-state index in [-0.39, 0.29) is 17.8 Å². The van der Waals surface area contributed by atoms with Crippen LogP contribution in [0.4, 0.5) is 0 Å². The van der Waals surface area contributed by atoms with E-state index in [4.69, 9.17) is 14.1 Å². The maximum atomic E-state index is 13.1. The topological polar surface area (TPSA) is 116 Å². The van der Waals surface area contributed by atoms with E-state index in [0.29, 0.717) is 36.8 Å². The molecule has 0 aliphatic heterocycles. The third-order valence-corrected chi connectivity index (χ3v) is 8.13. The summed E-state index contributed by atoms with van der Waals surface area (Å²) in [4.78, 5) is 13.1. The lowest BCUT2D eigenvalue weighted by molar-refractivity contribution is -0.133. The Morgan fingerprint density at radius 3 is 2.79 bits per heavy atom. The molecule has 0 aromatic carbocycles. The summed E-state index contributed by atoms with van der Waals surface area (Å²) in [6.07, 6.45) is 7.84. The molecule has 4 aliphatic rings. The predicted molar refractivity (Wildman–Crippen MR) is 107 cm³/mol. The molecule has 0 heterocycles. The lowest BCUT2D eigenvalue weighted by atomic mass is 9.54. The molecule has 4 aliphatic carbocycles. The van der Waals surface area contributed by atoms with Crippen molar-refractivity contribution in [3.05, 3.63) is 23.3 Å². The standard InChI is InChI=1S/C21H31NO6S/c1-3-27-12-14-10-18-17-5-4-13-11-21(24,28-29(22,25)26)9-7-15(13)16(17)6-8-20(18,2)19(14)23/h7,11,14,16-18,24H,3-6,8-10,12H2,1-2H3,(H2,22,25,26)/t14-,16-,17-,18+,20+,21?/m1/s1. The summed E-state index contributed by atoms with van der Waals surface area (Å²) in [6.45, 7) is 5.24. The summed E-state index contributed by atoms with van der Waals surface area (Å²) in [5, 5.41) is 15.5. The van der Waals surface area contributed by atoms with Crippen LogP contribution in [0.3, 0.4) is 0 Å². The van der Waals surface area contributed by atoms with Crippen molar-refractivity contribution in [1.82, 2.24) is 0 Å². The van der Waals surface area contributed by atoms with Crippen molar-refractivity contribution in [1.29, 1.82) is 0 Å². The summed E-state index contributed by atoms with van der Waals surface area (Å²) in [5.41, 5.74) is 1.87. The number of carbonyl (C=O) groups excluding carboxylic acids is 1. The second-order valence-corrected chi connectivity index (χ2v) is 10.4. The second kappa shape index (κ2) is 7.27. The summed E-state index contributed by atoms with van der Waals surface area (Å²) in [6, 6.07) is 0. The highest BCUT2D eigenvalue weighted by Crippen LogP contribution is 2.61. The third kappa shape index (κ3) is 3.74. The molecule has 0 radical (unpaired) electrons. The van der Waals surface area contributed by atoms with Crippen LogP contribution in [0.15, 0.2) is 23.3 Å². The van der Waals surface area contributed by atoms with Crippen molar-refractivity contribution >= 4 is 16.1 Å². The maximum absolute atomic E-state index is 13.1. The molecule has 6 atom stereocenters. The fraction of sp³-hybridized carbons (Fsp3) is 0.762. The number of aliphatic hydroxyl groups is 1. The van der Waals surface area contributed by atoms with Gasteiger partial charge in [0.1, 0.15) is 5.78 Å². The zero-order valence-electron chi connectivity index (χ0n) is 17.1. The smallest absolute Gasteiger partial charge is 0.336 e. The molecule has 3 fully saturated rings. The van der Waals surface area contributed by atoms with E-state index in [0.717, 1.165) is 37.7 Å². The molecular weight excluding hydrogens is 394 g/mol. The Bertz CT molecular complexity index is 864. The van der Waals surface area contributed by atoms with Crippen molar-refractivity contribution in [2.45, 2.75) is 58.2 Å². The highest BCUT2D eigenvalue weighted by Gasteiger charge is 2.58. The van der Waals surface area contributed by atoms with Crippen LogP contribution in [0.1, 0.15) is 52.4 Å². The van der Waals surface area contributed by atoms with Crippen LogP contribution >= 0.6 is 0 Å². The van der Waals surface area contributed by atoms with Gasteiger partial charge in [0, 0.05) is 24.4 Å². The number of allylic oxidation sites excluding steroid dienone is 2. The Labute approximate surface area is 172 Å². The molecule has 8 heteroatoms. The minimum atomic E-state index is -4.26. The molecule has 162 valence electrons. The zero-order chi connectivity index (χ0) is 21.0. The average Bonchev–Trinajstić information content (AvgIpc) is 2.88. The third-order valence-electron chi connectivity index (χ3n) is 7.61. The van der Waals surface area contributed by atoms with Gasteiger partial charge in [-0.3, -0.25) is 4.79 Å². The van der Waals surface area contributed by atoms with Gasteiger partial charge in [0.25, 0.3) is 0 Å². The molecule has 0 aromatic heterocycles. The van der Waals surface area contributed by atoms with Crippen LogP contribution in [-0.4, -0.2) is 38.3 Å². The number of Topliss-reactive ketones (excluding diaryl/α,β-unsaturated/α-hetero) is 1. The quantitative estimate of drug-likeness (QED) is 0.653. The summed E-state index contributed by atoms with van der Waals surface area (Å²) >= 11 is 0. The molecule has 3 N–H and O–H groups in total. The van der Waals surface area contributed by atoms with E-state index in [2.05, 4.69) is 6.92 Å². The monoisotopic (exact) mass is 425 g/mol. The summed E-state index contributed by atoms with van der Waals surface area (Å²) in [5.74, 6) is -0.431. The fourth-order valence-corrected chi connectivity index (χ4v) is 6.93. The zero-order valence-corrected chi connectivity index (χ0v) is 17.9. The number of rotatable bonds is 5. The largest absolute Gasteiger partial charge is 0.381 e. The van der Waals surface area contributed by atoms with Gasteiger partial charge < -0.3 is 9.84 Å². The molecule has 3 saturated carbocycles. The van der Waals surface area contributed by atoms with Crippen molar-refractivity contribution in [3.8, 4) is 0 Å². The first-order chi connectivity index (χ1) is 13.6. The molecule has 0 bridgehead atoms. The van der Waals surface area contributed by atoms with Gasteiger partial charge in [-0.25, -0.2) is 9.32 Å². The number of fused-ring (bicyclic) bond motifs is 5. The normalized spacial score (nSPS) is 41.9. The van der Waals surface area contributed by atoms with Crippen molar-refractivity contribution in [2.75, 3.05) is 13.2 Å². The Balaban J connectivity index is 1.55. The van der Waals surface area contributed by atoms with Gasteiger partial charge in [-0.05, 0) is 74.0 Å². The van der Waals surface area contributed by atoms with Gasteiger partial charge >= 0.3 is 10.3 Å². The van der Waals surface area contributed by atoms with E-state index in [1.807, 2.05) is 13.0 Å². The molecular formula is C21H31NO6S. The molecule has 0 saturated heterocycles. The van der Waals surface area contributed by atoms with Gasteiger partial charge in [-0.1, -0.05) is 13.0 Å². The second-order valence-electron chi connectivity index (χ2n) is 9.28. The van der Waals surface area contributed by atoms with Gasteiger partial charge in [-0.2, -0.15) is 8.42 Å². The van der Waals surface area contributed by atoms with E-state index in [1.54, 1.807) is 0 Å². The Morgan fingerprint density at radius 1 is 1.34 bits per heavy atom. The van der Waals surface area contributed by atoms with Crippen LogP contribution in [0.2, 0.25) is 0 Å². The first-order valence-electron chi connectivity index (χ1n) is 10.6. The molecule has 7 nitrogen and oxygen atoms in total. The van der Waals surface area contributed by atoms with Gasteiger partial charge in [0.2, 0.25) is 5.79 Å². The van der Waals surface area contributed by atoms with Crippen molar-refractivity contribution in [2.24, 2.45) is 34.2 Å². The average molecular weight is 426 g/mol. The van der Waals surface area contributed by atoms with Crippen molar-refractivity contribution < 1.29 is 27.2 Å². The lowest BCUT2D eigenvalue weighted by Gasteiger charge is -2.50. The Kier molecular flexibility index (Phi) is 5.31. The van der Waals surface area contributed by atoms with E-state index in [9.17, 15) is 18.3 Å². The first kappa shape index (κ1) is 21.2. The van der Waals surface area contributed by atoms with Crippen molar-refractivity contribution in [3.63, 3.8) is 0 Å². The van der Waals surface area contributed by atoms with Gasteiger partial charge in [0.05, 0.1) is 6.61 Å². The number of carbonyl (C=O) groups is 1. The van der Waals surface area contributed by atoms with Crippen LogP contribution in [0, 0.1) is 29.1 Å². The number of nitrogens with two attached hydrogens (primary N) is 1. The van der Waals surface area contributed by atoms with Crippen LogP contribution < -0.4 is 5.14 Å². The molecule has 1 unspecified atom stereocenters. The lowest BCUT2D eigenvalue weighted by Crippen LogP contribution is -2.45. The van der Waals surface area contributed by atoms with Crippen LogP contribution in [0.25, 0.3) is 0 Å². The predicted octanol–water partition coefficient (Wildman–Crippen LogP) is 2.22. The number of hydrogen-bond donors (Lipinski definition) is 2. The fourth-order valence-electron chi connectivity index (χ4n) is 6.41. The summed E-state index contributed by atoms with van der Waals surface area (Å²) < 4.78 is 32.9. The molecule has 29 heavy (non-hydrogen) atoms. The van der Waals surface area contributed by atoms with E-state index in [1.165, 1.54) is 11.6 Å². The Hall–Kier alpha value is -1.06. The van der Waals surface area contributed by atoms with Crippen LogP contribution in [-0.2, 0) is 24.0 Å². The Morgan fingerprint density at radius 2 is 2.10 bits per heavy atom. The number of ketones is 1. The van der Waals surface area contributed by atoms with Gasteiger partial charge in [0.15, 0.2) is 0 Å².